The van der Waals surface area contributed by atoms with Crippen molar-refractivity contribution in [2.75, 3.05) is 24.5 Å². The van der Waals surface area contributed by atoms with Crippen molar-refractivity contribution in [1.82, 2.24) is 9.88 Å². The molecule has 0 N–H and O–H groups in total. The van der Waals surface area contributed by atoms with Crippen molar-refractivity contribution in [3.8, 4) is 0 Å². The van der Waals surface area contributed by atoms with E-state index < -0.39 is 0 Å². The summed E-state index contributed by atoms with van der Waals surface area (Å²) in [6, 6.07) is 10.8. The Labute approximate surface area is 147 Å². The molecule has 5 heteroatoms. The Balaban J connectivity index is 1.64. The van der Waals surface area contributed by atoms with Crippen molar-refractivity contribution in [2.24, 2.45) is 11.8 Å². The molecule has 3 atom stereocenters. The third-order valence-corrected chi connectivity index (χ3v) is 5.50. The van der Waals surface area contributed by atoms with Crippen LogP contribution in [-0.2, 0) is 4.79 Å². The highest BCUT2D eigenvalue weighted by atomic mass is 19.1. The van der Waals surface area contributed by atoms with Crippen LogP contribution in [-0.4, -0.2) is 35.4 Å². The molecule has 2 fully saturated rings. The standard InChI is InChI=1S/C20H22FN3O/c1-13-8-18(6-7-22-13)23-10-16-11-24(14(2)25)20(19(16)12-23)15-4-3-5-17(21)9-15/h3-9,16,19-20H,10-12H2,1-2H3/t16-,19-,20+/m1/s1. The van der Waals surface area contributed by atoms with Gasteiger partial charge in [0.15, 0.2) is 0 Å². The highest BCUT2D eigenvalue weighted by Gasteiger charge is 2.48. The second kappa shape index (κ2) is 6.14. The zero-order valence-electron chi connectivity index (χ0n) is 14.5. The number of anilines is 1. The average Bonchev–Trinajstić information content (AvgIpc) is 3.12. The van der Waals surface area contributed by atoms with Crippen molar-refractivity contribution in [3.63, 3.8) is 0 Å². The number of likely N-dealkylation sites (tertiary alicyclic amines) is 1. The number of amides is 1. The van der Waals surface area contributed by atoms with Gasteiger partial charge in [-0.15, -0.1) is 0 Å². The van der Waals surface area contributed by atoms with Crippen LogP contribution >= 0.6 is 0 Å². The minimum atomic E-state index is -0.246. The van der Waals surface area contributed by atoms with Gasteiger partial charge in [-0.25, -0.2) is 4.39 Å². The highest BCUT2D eigenvalue weighted by Crippen LogP contribution is 2.46. The SMILES string of the molecule is CC(=O)N1C[C@H]2CN(c3ccnc(C)c3)C[C@H]2[C@@H]1c1cccc(F)c1. The van der Waals surface area contributed by atoms with Crippen LogP contribution in [0.1, 0.15) is 24.2 Å². The van der Waals surface area contributed by atoms with Crippen LogP contribution < -0.4 is 4.90 Å². The van der Waals surface area contributed by atoms with Crippen LogP contribution in [0.5, 0.6) is 0 Å². The number of aryl methyl sites for hydroxylation is 1. The van der Waals surface area contributed by atoms with E-state index in [1.807, 2.05) is 30.2 Å². The molecule has 1 aromatic heterocycles. The Bertz CT molecular complexity index is 809. The van der Waals surface area contributed by atoms with Crippen LogP contribution in [0.4, 0.5) is 10.1 Å². The molecular weight excluding hydrogens is 317 g/mol. The van der Waals surface area contributed by atoms with Crippen LogP contribution in [0.15, 0.2) is 42.6 Å². The Kier molecular flexibility index (Phi) is 3.94. The van der Waals surface area contributed by atoms with Gasteiger partial charge in [-0.2, -0.15) is 0 Å². The predicted molar refractivity (Wildman–Crippen MR) is 94.7 cm³/mol. The van der Waals surface area contributed by atoms with E-state index in [1.54, 1.807) is 19.1 Å². The number of carbonyl (C=O) groups is 1. The monoisotopic (exact) mass is 339 g/mol. The van der Waals surface area contributed by atoms with Crippen molar-refractivity contribution in [2.45, 2.75) is 19.9 Å². The second-order valence-corrected chi connectivity index (χ2v) is 7.16. The smallest absolute Gasteiger partial charge is 0.219 e. The van der Waals surface area contributed by atoms with Gasteiger partial charge in [-0.05, 0) is 36.8 Å². The zero-order valence-corrected chi connectivity index (χ0v) is 14.5. The Morgan fingerprint density at radius 1 is 1.20 bits per heavy atom. The molecule has 0 spiro atoms. The highest BCUT2D eigenvalue weighted by molar-refractivity contribution is 5.74. The minimum absolute atomic E-state index is 0.0499. The molecule has 2 aliphatic rings. The quantitative estimate of drug-likeness (QED) is 0.843. The molecule has 3 heterocycles. The molecule has 0 unspecified atom stereocenters. The van der Waals surface area contributed by atoms with Crippen LogP contribution in [0, 0.1) is 24.6 Å². The van der Waals surface area contributed by atoms with Crippen molar-refractivity contribution in [3.05, 3.63) is 59.7 Å². The van der Waals surface area contributed by atoms with Gasteiger partial charge in [0.2, 0.25) is 5.91 Å². The topological polar surface area (TPSA) is 36.4 Å². The second-order valence-electron chi connectivity index (χ2n) is 7.16. The lowest BCUT2D eigenvalue weighted by atomic mass is 9.89. The summed E-state index contributed by atoms with van der Waals surface area (Å²) in [6.45, 7) is 6.13. The molecule has 0 bridgehead atoms. The number of pyridine rings is 1. The van der Waals surface area contributed by atoms with E-state index in [-0.39, 0.29) is 17.8 Å². The lowest BCUT2D eigenvalue weighted by Crippen LogP contribution is -2.34. The molecule has 4 nitrogen and oxygen atoms in total. The lowest BCUT2D eigenvalue weighted by Gasteiger charge is -2.29. The van der Waals surface area contributed by atoms with Crippen molar-refractivity contribution >= 4 is 11.6 Å². The van der Waals surface area contributed by atoms with E-state index in [2.05, 4.69) is 16.0 Å². The van der Waals surface area contributed by atoms with Crippen molar-refractivity contribution in [1.29, 1.82) is 0 Å². The summed E-state index contributed by atoms with van der Waals surface area (Å²) < 4.78 is 13.8. The minimum Gasteiger partial charge on any atom is -0.371 e. The van der Waals surface area contributed by atoms with Crippen LogP contribution in [0.2, 0.25) is 0 Å². The Morgan fingerprint density at radius 3 is 2.76 bits per heavy atom. The number of hydrogen-bond donors (Lipinski definition) is 0. The van der Waals surface area contributed by atoms with Crippen molar-refractivity contribution < 1.29 is 9.18 Å². The maximum Gasteiger partial charge on any atom is 0.219 e. The molecular formula is C20H22FN3O. The lowest BCUT2D eigenvalue weighted by molar-refractivity contribution is -0.130. The van der Waals surface area contributed by atoms with Crippen LogP contribution in [0.3, 0.4) is 0 Å². The first-order valence-corrected chi connectivity index (χ1v) is 8.73. The number of hydrogen-bond acceptors (Lipinski definition) is 3. The van der Waals surface area contributed by atoms with Gasteiger partial charge in [0.05, 0.1) is 6.04 Å². The number of benzene rings is 1. The Morgan fingerprint density at radius 2 is 2.04 bits per heavy atom. The fraction of sp³-hybridized carbons (Fsp3) is 0.400. The molecule has 0 saturated carbocycles. The summed E-state index contributed by atoms with van der Waals surface area (Å²) in [4.78, 5) is 20.7. The van der Waals surface area contributed by atoms with E-state index in [4.69, 9.17) is 0 Å². The molecule has 4 rings (SSSR count). The largest absolute Gasteiger partial charge is 0.371 e. The molecule has 2 saturated heterocycles. The molecule has 2 aliphatic heterocycles. The van der Waals surface area contributed by atoms with Gasteiger partial charge in [-0.3, -0.25) is 9.78 Å². The summed E-state index contributed by atoms with van der Waals surface area (Å²) in [7, 11) is 0. The van der Waals surface area contributed by atoms with Gasteiger partial charge in [0.25, 0.3) is 0 Å². The molecule has 130 valence electrons. The molecule has 1 aromatic carbocycles. The summed E-state index contributed by atoms with van der Waals surface area (Å²) in [5.41, 5.74) is 3.08. The van der Waals surface area contributed by atoms with Gasteiger partial charge in [0, 0.05) is 56.0 Å². The first-order chi connectivity index (χ1) is 12.0. The third-order valence-electron chi connectivity index (χ3n) is 5.50. The fourth-order valence-electron chi connectivity index (χ4n) is 4.42. The zero-order chi connectivity index (χ0) is 17.6. The Hall–Kier alpha value is -2.43. The van der Waals surface area contributed by atoms with Gasteiger partial charge in [0.1, 0.15) is 5.82 Å². The number of nitrogens with zero attached hydrogens (tertiary/aromatic N) is 3. The van der Waals surface area contributed by atoms with E-state index in [9.17, 15) is 9.18 Å². The van der Waals surface area contributed by atoms with E-state index in [0.717, 1.165) is 30.9 Å². The van der Waals surface area contributed by atoms with Gasteiger partial charge >= 0.3 is 0 Å². The summed E-state index contributed by atoms with van der Waals surface area (Å²) >= 11 is 0. The molecule has 2 aromatic rings. The van der Waals surface area contributed by atoms with Gasteiger partial charge < -0.3 is 9.80 Å². The molecule has 1 amide bonds. The number of rotatable bonds is 2. The summed E-state index contributed by atoms with van der Waals surface area (Å²) in [6.07, 6.45) is 1.84. The first kappa shape index (κ1) is 16.1. The number of fused-ring (bicyclic) bond motifs is 1. The average molecular weight is 339 g/mol. The summed E-state index contributed by atoms with van der Waals surface area (Å²) in [5, 5.41) is 0. The molecule has 0 radical (unpaired) electrons. The van der Waals surface area contributed by atoms with Gasteiger partial charge in [-0.1, -0.05) is 12.1 Å². The maximum atomic E-state index is 13.8. The first-order valence-electron chi connectivity index (χ1n) is 8.73. The number of aromatic nitrogens is 1. The third kappa shape index (κ3) is 2.88. The van der Waals surface area contributed by atoms with E-state index in [0.29, 0.717) is 11.8 Å². The fourth-order valence-corrected chi connectivity index (χ4v) is 4.42. The predicted octanol–water partition coefficient (Wildman–Crippen LogP) is 3.18. The van der Waals surface area contributed by atoms with Crippen LogP contribution in [0.25, 0.3) is 0 Å². The van der Waals surface area contributed by atoms with E-state index in [1.165, 1.54) is 11.8 Å². The number of carbonyl (C=O) groups excluding carboxylic acids is 1. The molecule has 25 heavy (non-hydrogen) atoms. The van der Waals surface area contributed by atoms with E-state index >= 15 is 0 Å². The number of halogens is 1. The normalized spacial score (nSPS) is 25.3. The summed E-state index contributed by atoms with van der Waals surface area (Å²) in [5.74, 6) is 0.545. The maximum absolute atomic E-state index is 13.8. The molecule has 0 aliphatic carbocycles.